The first-order valence-corrected chi connectivity index (χ1v) is 25.2. The molecule has 1 aliphatic rings. The Morgan fingerprint density at radius 2 is 0.822 bits per heavy atom. The lowest BCUT2D eigenvalue weighted by atomic mass is 9.67. The summed E-state index contributed by atoms with van der Waals surface area (Å²) < 4.78 is 6.87. The number of hydrogen-bond donors (Lipinski definition) is 0. The lowest BCUT2D eigenvalue weighted by molar-refractivity contribution is 0.670. The van der Waals surface area contributed by atoms with Crippen LogP contribution < -0.4 is 4.90 Å². The summed E-state index contributed by atoms with van der Waals surface area (Å²) in [6.07, 6.45) is 0. The molecule has 0 radical (unpaired) electrons. The van der Waals surface area contributed by atoms with Crippen LogP contribution in [0.5, 0.6) is 0 Å². The van der Waals surface area contributed by atoms with Gasteiger partial charge in [0.1, 0.15) is 11.2 Å². The molecule has 0 saturated carbocycles. The molecule has 1 aromatic heterocycles. The van der Waals surface area contributed by atoms with E-state index in [0.717, 1.165) is 66.8 Å². The number of hydrogen-bond acceptors (Lipinski definition) is 2. The second-order valence-corrected chi connectivity index (χ2v) is 19.1. The predicted octanol–water partition coefficient (Wildman–Crippen LogP) is 19.2. The number of anilines is 3. The molecular weight excluding hydrogens is 883 g/mol. The number of benzene rings is 12. The Morgan fingerprint density at radius 3 is 1.59 bits per heavy atom. The van der Waals surface area contributed by atoms with E-state index in [-0.39, 0.29) is 0 Å². The van der Waals surface area contributed by atoms with Crippen molar-refractivity contribution in [1.29, 1.82) is 0 Å². The Balaban J connectivity index is 0.928. The third-order valence-corrected chi connectivity index (χ3v) is 15.2. The highest BCUT2D eigenvalue weighted by Gasteiger charge is 2.46. The summed E-state index contributed by atoms with van der Waals surface area (Å²) in [5.41, 5.74) is 21.2. The van der Waals surface area contributed by atoms with E-state index in [4.69, 9.17) is 4.42 Å². The lowest BCUT2D eigenvalue weighted by Gasteiger charge is -2.34. The summed E-state index contributed by atoms with van der Waals surface area (Å²) in [5, 5.41) is 4.65. The van der Waals surface area contributed by atoms with E-state index in [2.05, 4.69) is 290 Å². The van der Waals surface area contributed by atoms with Gasteiger partial charge in [-0.05, 0) is 132 Å². The van der Waals surface area contributed by atoms with Crippen molar-refractivity contribution in [3.05, 3.63) is 307 Å². The van der Waals surface area contributed by atoms with Gasteiger partial charge in [-0.1, -0.05) is 237 Å². The standard InChI is InChI=1S/C71H47NO/c1-4-18-51(19-5-1)61-44-45-67(69-64-30-13-15-33-68(64)73-70(61)69)72(57-41-38-49(39-42-57)48-34-36-52(37-35-48)60-31-17-21-50-20-10-11-28-59(50)60)58-27-16-22-53(46-58)54-40-43-63-62-29-12-14-32-65(62)71(66(63)47-54,55-23-6-2-7-24-55)56-25-8-3-9-26-56/h1-47H. The summed E-state index contributed by atoms with van der Waals surface area (Å²) in [6.45, 7) is 0. The molecule has 13 aromatic rings. The highest BCUT2D eigenvalue weighted by atomic mass is 16.3. The second-order valence-electron chi connectivity index (χ2n) is 19.1. The van der Waals surface area contributed by atoms with Gasteiger partial charge in [-0.25, -0.2) is 0 Å². The van der Waals surface area contributed by atoms with Gasteiger partial charge in [0.25, 0.3) is 0 Å². The van der Waals surface area contributed by atoms with Gasteiger partial charge in [0.15, 0.2) is 0 Å². The van der Waals surface area contributed by atoms with Crippen molar-refractivity contribution in [3.8, 4) is 55.6 Å². The van der Waals surface area contributed by atoms with Gasteiger partial charge in [-0.15, -0.1) is 0 Å². The first-order chi connectivity index (χ1) is 36.2. The Labute approximate surface area is 425 Å². The van der Waals surface area contributed by atoms with Gasteiger partial charge >= 0.3 is 0 Å². The molecule has 0 spiro atoms. The van der Waals surface area contributed by atoms with E-state index in [9.17, 15) is 0 Å². The Morgan fingerprint density at radius 1 is 0.301 bits per heavy atom. The van der Waals surface area contributed by atoms with Crippen LogP contribution >= 0.6 is 0 Å². The maximum atomic E-state index is 6.87. The van der Waals surface area contributed by atoms with Crippen LogP contribution in [0.25, 0.3) is 88.3 Å². The van der Waals surface area contributed by atoms with E-state index >= 15 is 0 Å². The van der Waals surface area contributed by atoms with Crippen LogP contribution in [-0.4, -0.2) is 0 Å². The quantitative estimate of drug-likeness (QED) is 0.143. The zero-order chi connectivity index (χ0) is 48.3. The summed E-state index contributed by atoms with van der Waals surface area (Å²) in [5.74, 6) is 0. The van der Waals surface area contributed by atoms with Gasteiger partial charge < -0.3 is 9.32 Å². The van der Waals surface area contributed by atoms with Crippen molar-refractivity contribution < 1.29 is 4.42 Å². The van der Waals surface area contributed by atoms with Gasteiger partial charge in [-0.2, -0.15) is 0 Å². The highest BCUT2D eigenvalue weighted by molar-refractivity contribution is 6.17. The highest BCUT2D eigenvalue weighted by Crippen LogP contribution is 2.57. The minimum atomic E-state index is -0.499. The molecule has 2 nitrogen and oxygen atoms in total. The van der Waals surface area contributed by atoms with Crippen molar-refractivity contribution in [2.45, 2.75) is 5.41 Å². The molecule has 0 amide bonds. The van der Waals surface area contributed by atoms with Crippen molar-refractivity contribution >= 4 is 49.8 Å². The van der Waals surface area contributed by atoms with Gasteiger partial charge in [0, 0.05) is 22.3 Å². The Kier molecular flexibility index (Phi) is 10.1. The first-order valence-electron chi connectivity index (χ1n) is 25.2. The number of fused-ring (bicyclic) bond motifs is 7. The number of rotatable bonds is 9. The Bertz CT molecular complexity index is 4130. The van der Waals surface area contributed by atoms with Crippen LogP contribution in [0, 0.1) is 0 Å². The monoisotopic (exact) mass is 929 g/mol. The normalized spacial score (nSPS) is 12.5. The molecule has 0 bridgehead atoms. The minimum absolute atomic E-state index is 0.499. The fraction of sp³-hybridized carbons (Fsp3) is 0.0141. The third kappa shape index (κ3) is 6.94. The lowest BCUT2D eigenvalue weighted by Crippen LogP contribution is -2.28. The largest absolute Gasteiger partial charge is 0.455 e. The molecule has 1 aliphatic carbocycles. The van der Waals surface area contributed by atoms with Crippen LogP contribution in [0.15, 0.2) is 290 Å². The fourth-order valence-electron chi connectivity index (χ4n) is 11.8. The minimum Gasteiger partial charge on any atom is -0.455 e. The maximum Gasteiger partial charge on any atom is 0.145 e. The summed E-state index contributed by atoms with van der Waals surface area (Å²) in [7, 11) is 0. The molecule has 342 valence electrons. The number of furan rings is 1. The van der Waals surface area contributed by atoms with Gasteiger partial charge in [-0.3, -0.25) is 0 Å². The summed E-state index contributed by atoms with van der Waals surface area (Å²) in [4.78, 5) is 2.41. The molecular formula is C71H47NO. The molecule has 0 atom stereocenters. The van der Waals surface area contributed by atoms with Crippen molar-refractivity contribution in [3.63, 3.8) is 0 Å². The van der Waals surface area contributed by atoms with E-state index in [1.807, 2.05) is 0 Å². The van der Waals surface area contributed by atoms with E-state index in [1.54, 1.807) is 0 Å². The average molecular weight is 930 g/mol. The zero-order valence-electron chi connectivity index (χ0n) is 40.0. The predicted molar refractivity (Wildman–Crippen MR) is 305 cm³/mol. The summed E-state index contributed by atoms with van der Waals surface area (Å²) >= 11 is 0. The molecule has 0 saturated heterocycles. The summed E-state index contributed by atoms with van der Waals surface area (Å²) in [6, 6.07) is 104. The van der Waals surface area contributed by atoms with Crippen LogP contribution in [0.1, 0.15) is 22.3 Å². The molecule has 14 rings (SSSR count). The van der Waals surface area contributed by atoms with E-state index in [0.29, 0.717) is 0 Å². The molecule has 0 unspecified atom stereocenters. The molecule has 0 aliphatic heterocycles. The molecule has 1 heterocycles. The molecule has 12 aromatic carbocycles. The molecule has 0 fully saturated rings. The van der Waals surface area contributed by atoms with Crippen molar-refractivity contribution in [1.82, 2.24) is 0 Å². The topological polar surface area (TPSA) is 16.4 Å². The molecule has 0 N–H and O–H groups in total. The van der Waals surface area contributed by atoms with Crippen molar-refractivity contribution in [2.24, 2.45) is 0 Å². The van der Waals surface area contributed by atoms with Crippen molar-refractivity contribution in [2.75, 3.05) is 4.90 Å². The van der Waals surface area contributed by atoms with Crippen LogP contribution in [0.2, 0.25) is 0 Å². The number of nitrogens with zero attached hydrogens (tertiary/aromatic N) is 1. The maximum absolute atomic E-state index is 6.87. The smallest absolute Gasteiger partial charge is 0.145 e. The second kappa shape index (κ2) is 17.4. The van der Waals surface area contributed by atoms with Gasteiger partial charge in [0.2, 0.25) is 0 Å². The van der Waals surface area contributed by atoms with Crippen LogP contribution in [-0.2, 0) is 5.41 Å². The van der Waals surface area contributed by atoms with Crippen LogP contribution in [0.3, 0.4) is 0 Å². The van der Waals surface area contributed by atoms with E-state index in [1.165, 1.54) is 60.8 Å². The molecule has 2 heteroatoms. The zero-order valence-corrected chi connectivity index (χ0v) is 40.0. The third-order valence-electron chi connectivity index (χ3n) is 15.2. The van der Waals surface area contributed by atoms with E-state index < -0.39 is 5.41 Å². The number of para-hydroxylation sites is 1. The molecule has 73 heavy (non-hydrogen) atoms. The SMILES string of the molecule is c1ccc(-c2ccc(N(c3ccc(-c4ccc(-c5cccc6ccccc56)cc4)cc3)c3cccc(-c4ccc5c(c4)C(c4ccccc4)(c4ccccc4)c4ccccc4-5)c3)c3c2oc2ccccc23)cc1. The fourth-order valence-corrected chi connectivity index (χ4v) is 11.8. The van der Waals surface area contributed by atoms with Gasteiger partial charge in [0.05, 0.1) is 16.5 Å². The Hall–Kier alpha value is -9.50. The van der Waals surface area contributed by atoms with Crippen LogP contribution in [0.4, 0.5) is 17.1 Å². The average Bonchev–Trinajstić information content (AvgIpc) is 4.01. The first kappa shape index (κ1) is 42.4.